The predicted octanol–water partition coefficient (Wildman–Crippen LogP) is 4.59. The van der Waals surface area contributed by atoms with E-state index in [2.05, 4.69) is 32.6 Å². The maximum Gasteiger partial charge on any atom is 0.100 e. The topological polar surface area (TPSA) is 0 Å². The van der Waals surface area contributed by atoms with E-state index >= 15 is 0 Å². The van der Waals surface area contributed by atoms with Crippen LogP contribution in [0.4, 0.5) is 4.39 Å². The molecular formula is C14H19F. The van der Waals surface area contributed by atoms with Crippen LogP contribution < -0.4 is 0 Å². The molecule has 0 saturated carbocycles. The molecule has 0 heterocycles. The lowest BCUT2D eigenvalue weighted by Crippen LogP contribution is -2.01. The first-order valence-electron chi connectivity index (χ1n) is 5.39. The van der Waals surface area contributed by atoms with Crippen LogP contribution in [0.15, 0.2) is 24.5 Å². The van der Waals surface area contributed by atoms with Gasteiger partial charge in [-0.2, -0.15) is 0 Å². The Balaban J connectivity index is 3.24. The van der Waals surface area contributed by atoms with Crippen LogP contribution in [0.25, 0.3) is 0 Å². The minimum atomic E-state index is -0.233. The second-order valence-electron chi connectivity index (χ2n) is 4.20. The predicted molar refractivity (Wildman–Crippen MR) is 63.9 cm³/mol. The molecular weight excluding hydrogens is 187 g/mol. The van der Waals surface area contributed by atoms with Crippen molar-refractivity contribution in [2.75, 3.05) is 0 Å². The highest BCUT2D eigenvalue weighted by molar-refractivity contribution is 5.40. The van der Waals surface area contributed by atoms with E-state index in [-0.39, 0.29) is 11.7 Å². The van der Waals surface area contributed by atoms with Gasteiger partial charge in [0.1, 0.15) is 5.83 Å². The molecule has 1 aromatic rings. The highest BCUT2D eigenvalue weighted by atomic mass is 19.1. The van der Waals surface area contributed by atoms with Crippen molar-refractivity contribution in [2.45, 2.75) is 40.0 Å². The first-order chi connectivity index (χ1) is 6.97. The summed E-state index contributed by atoms with van der Waals surface area (Å²) in [4.78, 5) is 0. The van der Waals surface area contributed by atoms with Gasteiger partial charge in [0.2, 0.25) is 0 Å². The fraction of sp³-hybridized carbons (Fsp3) is 0.429. The molecule has 0 amide bonds. The van der Waals surface area contributed by atoms with E-state index < -0.39 is 0 Å². The summed E-state index contributed by atoms with van der Waals surface area (Å²) in [6.07, 6.45) is 0.763. The highest BCUT2D eigenvalue weighted by Gasteiger charge is 2.15. The highest BCUT2D eigenvalue weighted by Crippen LogP contribution is 2.31. The van der Waals surface area contributed by atoms with Crippen molar-refractivity contribution in [3.05, 3.63) is 46.8 Å². The van der Waals surface area contributed by atoms with Gasteiger partial charge in [0.05, 0.1) is 0 Å². The van der Waals surface area contributed by atoms with Crippen LogP contribution in [-0.4, -0.2) is 0 Å². The van der Waals surface area contributed by atoms with E-state index in [1.807, 2.05) is 13.8 Å². The van der Waals surface area contributed by atoms with Gasteiger partial charge in [0.25, 0.3) is 0 Å². The second-order valence-corrected chi connectivity index (χ2v) is 4.20. The molecule has 0 aliphatic carbocycles. The third-order valence-corrected chi connectivity index (χ3v) is 3.04. The van der Waals surface area contributed by atoms with Crippen LogP contribution >= 0.6 is 0 Å². The molecule has 82 valence electrons. The summed E-state index contributed by atoms with van der Waals surface area (Å²) in [7, 11) is 0. The van der Waals surface area contributed by atoms with E-state index in [9.17, 15) is 4.39 Å². The molecule has 0 nitrogen and oxygen atoms in total. The molecule has 0 bridgehead atoms. The van der Waals surface area contributed by atoms with Crippen LogP contribution in [0.1, 0.15) is 41.5 Å². The first kappa shape index (κ1) is 12.0. The largest absolute Gasteiger partial charge is 0.212 e. The lowest BCUT2D eigenvalue weighted by atomic mass is 9.89. The minimum Gasteiger partial charge on any atom is -0.212 e. The molecule has 1 heteroatoms. The Bertz CT molecular complexity index is 377. The van der Waals surface area contributed by atoms with Gasteiger partial charge in [-0.15, -0.1) is 0 Å². The van der Waals surface area contributed by atoms with Crippen LogP contribution in [-0.2, 0) is 0 Å². The van der Waals surface area contributed by atoms with Crippen molar-refractivity contribution >= 4 is 0 Å². The van der Waals surface area contributed by atoms with Gasteiger partial charge in [-0.05, 0) is 49.4 Å². The molecule has 1 aromatic carbocycles. The lowest BCUT2D eigenvalue weighted by molar-refractivity contribution is 0.537. The fourth-order valence-electron chi connectivity index (χ4n) is 1.97. The second kappa shape index (κ2) is 4.61. The van der Waals surface area contributed by atoms with Gasteiger partial charge in [0, 0.05) is 5.92 Å². The number of rotatable bonds is 3. The number of benzene rings is 1. The number of hydrogen-bond acceptors (Lipinski definition) is 0. The number of allylic oxidation sites excluding steroid dienone is 1. The summed E-state index contributed by atoms with van der Waals surface area (Å²) in [6, 6.07) is 4.21. The van der Waals surface area contributed by atoms with Crippen molar-refractivity contribution in [1.29, 1.82) is 0 Å². The zero-order valence-electron chi connectivity index (χ0n) is 10.0. The van der Waals surface area contributed by atoms with E-state index in [0.717, 1.165) is 17.5 Å². The Morgan fingerprint density at radius 1 is 1.20 bits per heavy atom. The van der Waals surface area contributed by atoms with Crippen molar-refractivity contribution < 1.29 is 4.39 Å². The molecule has 0 N–H and O–H groups in total. The van der Waals surface area contributed by atoms with Crippen LogP contribution in [0.5, 0.6) is 0 Å². The Kier molecular flexibility index (Phi) is 3.67. The summed E-state index contributed by atoms with van der Waals surface area (Å²) in [5, 5.41) is 0. The summed E-state index contributed by atoms with van der Waals surface area (Å²) in [5.41, 5.74) is 4.71. The molecule has 0 fully saturated rings. The normalized spacial score (nSPS) is 12.6. The fourth-order valence-corrected chi connectivity index (χ4v) is 1.97. The number of hydrogen-bond donors (Lipinski definition) is 0. The third-order valence-electron chi connectivity index (χ3n) is 3.04. The SMILES string of the molecule is C=C(F)C(CC)c1cc(C)c(C)cc1C. The van der Waals surface area contributed by atoms with E-state index in [4.69, 9.17) is 0 Å². The summed E-state index contributed by atoms with van der Waals surface area (Å²) < 4.78 is 13.3. The average Bonchev–Trinajstić information content (AvgIpc) is 2.14. The van der Waals surface area contributed by atoms with Gasteiger partial charge < -0.3 is 0 Å². The molecule has 0 aliphatic rings. The van der Waals surface area contributed by atoms with Crippen molar-refractivity contribution in [3.63, 3.8) is 0 Å². The van der Waals surface area contributed by atoms with E-state index in [0.29, 0.717) is 0 Å². The quantitative estimate of drug-likeness (QED) is 0.678. The van der Waals surface area contributed by atoms with E-state index in [1.165, 1.54) is 11.1 Å². The zero-order chi connectivity index (χ0) is 11.6. The Hall–Kier alpha value is -1.11. The molecule has 1 unspecified atom stereocenters. The Labute approximate surface area is 91.8 Å². The average molecular weight is 206 g/mol. The molecule has 1 rings (SSSR count). The summed E-state index contributed by atoms with van der Waals surface area (Å²) >= 11 is 0. The standard InChI is InChI=1S/C14H19F/c1-6-13(12(5)15)14-8-10(3)9(2)7-11(14)4/h7-8,13H,5-6H2,1-4H3. The van der Waals surface area contributed by atoms with Gasteiger partial charge in [-0.1, -0.05) is 25.6 Å². The summed E-state index contributed by atoms with van der Waals surface area (Å²) in [5.74, 6) is -0.381. The van der Waals surface area contributed by atoms with Gasteiger partial charge >= 0.3 is 0 Å². The molecule has 15 heavy (non-hydrogen) atoms. The monoisotopic (exact) mass is 206 g/mol. The maximum atomic E-state index is 13.3. The Morgan fingerprint density at radius 3 is 2.20 bits per heavy atom. The first-order valence-corrected chi connectivity index (χ1v) is 5.39. The molecule has 1 atom stereocenters. The van der Waals surface area contributed by atoms with Crippen molar-refractivity contribution in [3.8, 4) is 0 Å². The molecule has 0 radical (unpaired) electrons. The van der Waals surface area contributed by atoms with Crippen molar-refractivity contribution in [2.24, 2.45) is 0 Å². The molecule has 0 saturated heterocycles. The van der Waals surface area contributed by atoms with Gasteiger partial charge in [-0.3, -0.25) is 0 Å². The van der Waals surface area contributed by atoms with Crippen LogP contribution in [0, 0.1) is 20.8 Å². The van der Waals surface area contributed by atoms with Crippen LogP contribution in [0.3, 0.4) is 0 Å². The Morgan fingerprint density at radius 2 is 1.73 bits per heavy atom. The molecule has 0 spiro atoms. The smallest absolute Gasteiger partial charge is 0.100 e. The van der Waals surface area contributed by atoms with Gasteiger partial charge in [-0.25, -0.2) is 4.39 Å². The van der Waals surface area contributed by atoms with Crippen molar-refractivity contribution in [1.82, 2.24) is 0 Å². The lowest BCUT2D eigenvalue weighted by Gasteiger charge is -2.17. The number of halogens is 1. The maximum absolute atomic E-state index is 13.3. The zero-order valence-corrected chi connectivity index (χ0v) is 10.0. The molecule has 0 aliphatic heterocycles. The van der Waals surface area contributed by atoms with Gasteiger partial charge in [0.15, 0.2) is 0 Å². The van der Waals surface area contributed by atoms with Crippen LogP contribution in [0.2, 0.25) is 0 Å². The minimum absolute atomic E-state index is 0.149. The number of aryl methyl sites for hydroxylation is 3. The molecule has 0 aromatic heterocycles. The van der Waals surface area contributed by atoms with E-state index in [1.54, 1.807) is 0 Å². The summed E-state index contributed by atoms with van der Waals surface area (Å²) in [6.45, 7) is 11.6. The third kappa shape index (κ3) is 2.47.